The molecule has 224 valence electrons. The molecule has 0 unspecified atom stereocenters. The molecule has 0 radical (unpaired) electrons. The number of halogens is 1. The molecule has 3 aromatic rings. The third-order valence-corrected chi connectivity index (χ3v) is 7.78. The summed E-state index contributed by atoms with van der Waals surface area (Å²) in [5.74, 6) is 0.208. The van der Waals surface area contributed by atoms with Gasteiger partial charge in [-0.1, -0.05) is 17.4 Å². The van der Waals surface area contributed by atoms with Gasteiger partial charge in [-0.15, -0.1) is 0 Å². The Labute approximate surface area is 258 Å². The number of carbonyl (C=O) groups is 1. The highest BCUT2D eigenvalue weighted by atomic mass is 79.9. The fraction of sp³-hybridized carbons (Fsp3) is 0.310. The van der Waals surface area contributed by atoms with Gasteiger partial charge < -0.3 is 18.9 Å². The van der Waals surface area contributed by atoms with Gasteiger partial charge in [0.25, 0.3) is 5.56 Å². The Kier molecular flexibility index (Phi) is 9.67. The van der Waals surface area contributed by atoms with Gasteiger partial charge in [0, 0.05) is 6.07 Å². The Morgan fingerprint density at radius 2 is 2.05 bits per heavy atom. The lowest BCUT2D eigenvalue weighted by atomic mass is 9.95. The molecular formula is C29H27BrN4O8S. The third-order valence-electron chi connectivity index (χ3n) is 6.20. The van der Waals surface area contributed by atoms with Crippen LogP contribution in [0.1, 0.15) is 44.9 Å². The molecule has 14 heteroatoms. The summed E-state index contributed by atoms with van der Waals surface area (Å²) in [7, 11) is 1.50. The summed E-state index contributed by atoms with van der Waals surface area (Å²) < 4.78 is 23.9. The number of benzene rings is 2. The van der Waals surface area contributed by atoms with Gasteiger partial charge in [-0.3, -0.25) is 19.5 Å². The monoisotopic (exact) mass is 670 g/mol. The van der Waals surface area contributed by atoms with E-state index in [-0.39, 0.29) is 45.3 Å². The first-order valence-corrected chi connectivity index (χ1v) is 14.6. The van der Waals surface area contributed by atoms with E-state index in [9.17, 15) is 19.7 Å². The zero-order valence-electron chi connectivity index (χ0n) is 23.9. The van der Waals surface area contributed by atoms with E-state index in [0.29, 0.717) is 33.1 Å². The van der Waals surface area contributed by atoms with Crippen molar-refractivity contribution in [2.45, 2.75) is 39.8 Å². The molecule has 1 aliphatic heterocycles. The van der Waals surface area contributed by atoms with Crippen molar-refractivity contribution in [3.8, 4) is 23.3 Å². The topological polar surface area (TPSA) is 155 Å². The minimum absolute atomic E-state index is 0.0984. The maximum atomic E-state index is 14.0. The first-order chi connectivity index (χ1) is 20.5. The van der Waals surface area contributed by atoms with E-state index in [1.54, 1.807) is 44.2 Å². The number of hydrogen-bond acceptors (Lipinski definition) is 11. The minimum atomic E-state index is -0.901. The molecule has 2 aromatic carbocycles. The van der Waals surface area contributed by atoms with Crippen LogP contribution in [0.15, 0.2) is 55.9 Å². The van der Waals surface area contributed by atoms with Crippen LogP contribution in [-0.2, 0) is 9.53 Å². The second kappa shape index (κ2) is 13.2. The molecule has 0 fully saturated rings. The summed E-state index contributed by atoms with van der Waals surface area (Å²) in [5.41, 5.74) is 0.636. The fourth-order valence-electron chi connectivity index (χ4n) is 4.53. The molecule has 1 aromatic heterocycles. The summed E-state index contributed by atoms with van der Waals surface area (Å²) in [6, 6.07) is 8.85. The average Bonchev–Trinajstić information content (AvgIpc) is 3.25. The number of aromatic nitrogens is 1. The Morgan fingerprint density at radius 1 is 1.30 bits per heavy atom. The van der Waals surface area contributed by atoms with Crippen LogP contribution in [-0.4, -0.2) is 41.9 Å². The van der Waals surface area contributed by atoms with Crippen molar-refractivity contribution in [3.05, 3.63) is 87.0 Å². The van der Waals surface area contributed by atoms with Crippen LogP contribution in [0.25, 0.3) is 6.08 Å². The molecule has 0 saturated heterocycles. The van der Waals surface area contributed by atoms with Crippen molar-refractivity contribution in [1.82, 2.24) is 4.57 Å². The number of hydrogen-bond donors (Lipinski definition) is 0. The number of nitro groups is 1. The molecule has 1 aliphatic rings. The van der Waals surface area contributed by atoms with Gasteiger partial charge in [0.15, 0.2) is 22.9 Å². The molecule has 1 atom stereocenters. The summed E-state index contributed by atoms with van der Waals surface area (Å²) in [6.45, 7) is 6.87. The Hall–Kier alpha value is -4.48. The lowest BCUT2D eigenvalue weighted by molar-refractivity contribution is -0.385. The predicted octanol–water partition coefficient (Wildman–Crippen LogP) is 4.17. The molecule has 0 saturated carbocycles. The maximum Gasteiger partial charge on any atom is 0.338 e. The van der Waals surface area contributed by atoms with Crippen molar-refractivity contribution in [3.63, 3.8) is 0 Å². The van der Waals surface area contributed by atoms with Crippen LogP contribution in [0.2, 0.25) is 0 Å². The average molecular weight is 672 g/mol. The highest BCUT2D eigenvalue weighted by Gasteiger charge is 2.34. The largest absolute Gasteiger partial charge is 0.493 e. The summed E-state index contributed by atoms with van der Waals surface area (Å²) in [6.07, 6.45) is 1.38. The van der Waals surface area contributed by atoms with Gasteiger partial charge in [0.1, 0.15) is 6.07 Å². The second-order valence-electron chi connectivity index (χ2n) is 9.43. The molecule has 0 aliphatic carbocycles. The minimum Gasteiger partial charge on any atom is -0.493 e. The molecule has 4 rings (SSSR count). The molecule has 0 N–H and O–H groups in total. The quantitative estimate of drug-likeness (QED) is 0.176. The molecule has 0 amide bonds. The third kappa shape index (κ3) is 6.47. The van der Waals surface area contributed by atoms with Crippen LogP contribution < -0.4 is 29.1 Å². The Morgan fingerprint density at radius 3 is 2.67 bits per heavy atom. The normalized spacial score (nSPS) is 14.6. The molecule has 0 bridgehead atoms. The van der Waals surface area contributed by atoms with Crippen molar-refractivity contribution < 1.29 is 28.7 Å². The van der Waals surface area contributed by atoms with Gasteiger partial charge in [0.05, 0.1) is 51.1 Å². The lowest BCUT2D eigenvalue weighted by Crippen LogP contribution is -2.40. The summed E-state index contributed by atoms with van der Waals surface area (Å²) in [5, 5.41) is 20.6. The predicted molar refractivity (Wildman–Crippen MR) is 161 cm³/mol. The number of nitrogens with zero attached hydrogens (tertiary/aromatic N) is 4. The van der Waals surface area contributed by atoms with Crippen LogP contribution in [0.3, 0.4) is 0 Å². The fourth-order valence-corrected chi connectivity index (χ4v) is 6.16. The number of rotatable bonds is 10. The Bertz CT molecular complexity index is 1850. The molecule has 2 heterocycles. The van der Waals surface area contributed by atoms with E-state index in [1.165, 1.54) is 23.8 Å². The van der Waals surface area contributed by atoms with Crippen molar-refractivity contribution in [1.29, 1.82) is 5.26 Å². The highest BCUT2D eigenvalue weighted by molar-refractivity contribution is 9.10. The van der Waals surface area contributed by atoms with E-state index < -0.39 is 22.5 Å². The number of fused-ring (bicyclic) bond motifs is 1. The van der Waals surface area contributed by atoms with Crippen molar-refractivity contribution in [2.75, 3.05) is 20.3 Å². The van der Waals surface area contributed by atoms with Crippen LogP contribution in [0.5, 0.6) is 17.2 Å². The van der Waals surface area contributed by atoms with Gasteiger partial charge in [-0.05, 0) is 79.0 Å². The molecule has 43 heavy (non-hydrogen) atoms. The number of ether oxygens (including phenoxy) is 4. The number of allylic oxidation sites excluding steroid dienone is 1. The number of nitriles is 1. The SMILES string of the molecule is CCOC(=O)C1=C(C)N=c2s/c(=C/c3cc(Br)c(OCC#N)c([N+](=O)[O-])c3)c(=O)n2[C@H]1c1ccc(OC(C)C)c(OC)c1. The van der Waals surface area contributed by atoms with E-state index in [1.807, 2.05) is 13.8 Å². The number of nitro benzene ring substituents is 1. The number of thiazole rings is 1. The standard InChI is InChI=1S/C29H27BrN4O8S/c1-6-40-28(36)24-16(4)32-29-33(25(24)18-7-8-21(42-15(2)3)22(14-18)39-5)27(35)23(43-29)13-17-11-19(30)26(41-10-9-31)20(12-17)34(37)38/h7-8,11-15,25H,6,10H2,1-5H3/b23-13+/t25-/m0/s1. The van der Waals surface area contributed by atoms with Gasteiger partial charge in [-0.2, -0.15) is 5.26 Å². The van der Waals surface area contributed by atoms with E-state index in [4.69, 9.17) is 24.2 Å². The molecule has 0 spiro atoms. The lowest BCUT2D eigenvalue weighted by Gasteiger charge is -2.25. The van der Waals surface area contributed by atoms with Gasteiger partial charge >= 0.3 is 11.7 Å². The van der Waals surface area contributed by atoms with Crippen LogP contribution in [0, 0.1) is 21.4 Å². The van der Waals surface area contributed by atoms with Crippen LogP contribution in [0.4, 0.5) is 5.69 Å². The van der Waals surface area contributed by atoms with E-state index >= 15 is 0 Å². The zero-order chi connectivity index (χ0) is 31.4. The number of esters is 1. The maximum absolute atomic E-state index is 14.0. The van der Waals surface area contributed by atoms with Crippen molar-refractivity contribution >= 4 is 45.0 Å². The first-order valence-electron chi connectivity index (χ1n) is 13.0. The zero-order valence-corrected chi connectivity index (χ0v) is 26.3. The second-order valence-corrected chi connectivity index (χ2v) is 11.3. The number of methoxy groups -OCH3 is 1. The smallest absolute Gasteiger partial charge is 0.338 e. The van der Waals surface area contributed by atoms with E-state index in [2.05, 4.69) is 20.9 Å². The highest BCUT2D eigenvalue weighted by Crippen LogP contribution is 2.38. The first kappa shape index (κ1) is 31.5. The molecule has 12 nitrogen and oxygen atoms in total. The number of carbonyl (C=O) groups excluding carboxylic acids is 1. The summed E-state index contributed by atoms with van der Waals surface area (Å²) in [4.78, 5) is 43.2. The van der Waals surface area contributed by atoms with E-state index in [0.717, 1.165) is 11.3 Å². The van der Waals surface area contributed by atoms with Crippen LogP contribution >= 0.6 is 27.3 Å². The van der Waals surface area contributed by atoms with Gasteiger partial charge in [0.2, 0.25) is 5.75 Å². The molecular weight excluding hydrogens is 644 g/mol. The van der Waals surface area contributed by atoms with Gasteiger partial charge in [-0.25, -0.2) is 9.79 Å². The summed E-state index contributed by atoms with van der Waals surface area (Å²) >= 11 is 4.34. The Balaban J connectivity index is 1.94. The van der Waals surface area contributed by atoms with Crippen molar-refractivity contribution in [2.24, 2.45) is 4.99 Å².